The van der Waals surface area contributed by atoms with Crippen LogP contribution in [0.15, 0.2) is 34.9 Å². The summed E-state index contributed by atoms with van der Waals surface area (Å²) in [6.07, 6.45) is -2.29. The zero-order chi connectivity index (χ0) is 17.3. The largest absolute Gasteiger partial charge is 0.415 e. The van der Waals surface area contributed by atoms with Gasteiger partial charge >= 0.3 is 6.18 Å². The molecule has 0 heterocycles. The van der Waals surface area contributed by atoms with Crippen molar-refractivity contribution in [2.24, 2.45) is 5.41 Å². The summed E-state index contributed by atoms with van der Waals surface area (Å²) in [4.78, 5) is 0. The number of aliphatic hydroxyl groups excluding tert-OH is 2. The van der Waals surface area contributed by atoms with Crippen LogP contribution in [-0.2, 0) is 0 Å². The Labute approximate surface area is 128 Å². The minimum absolute atomic E-state index is 0.195. The molecule has 6 heteroatoms. The molecule has 0 aliphatic heterocycles. The van der Waals surface area contributed by atoms with Crippen LogP contribution in [0.25, 0.3) is 0 Å². The molecule has 3 N–H and O–H groups in total. The van der Waals surface area contributed by atoms with Crippen LogP contribution in [0, 0.1) is 5.41 Å². The first-order valence-electron chi connectivity index (χ1n) is 7.02. The van der Waals surface area contributed by atoms with Gasteiger partial charge < -0.3 is 15.3 Å². The first-order valence-corrected chi connectivity index (χ1v) is 7.02. The van der Waals surface area contributed by atoms with E-state index in [1.54, 1.807) is 20.8 Å². The molecule has 0 fully saturated rings. The third kappa shape index (κ3) is 3.45. The maximum absolute atomic E-state index is 13.2. The van der Waals surface area contributed by atoms with Gasteiger partial charge in [-0.3, -0.25) is 0 Å². The average molecular weight is 320 g/mol. The minimum Gasteiger partial charge on any atom is -0.392 e. The predicted octanol–water partition coefficient (Wildman–Crippen LogP) is 2.88. The Morgan fingerprint density at radius 3 is 2.36 bits per heavy atom. The van der Waals surface area contributed by atoms with Gasteiger partial charge in [-0.15, -0.1) is 0 Å². The lowest BCUT2D eigenvalue weighted by molar-refractivity contribution is -0.125. The lowest BCUT2D eigenvalue weighted by Gasteiger charge is -2.48. The Morgan fingerprint density at radius 1 is 1.36 bits per heavy atom. The standard InChI is InChI=1S/C16H23F3O3/c1-10(6-8-20)5-7-15(22)11(2)13(16(17,18)19)12(21)9-14(15,3)4/h5-7,12,20-22H,8-9H2,1-4H3/b7-5+,10-6-. The molecule has 0 aromatic carbocycles. The van der Waals surface area contributed by atoms with E-state index in [1.807, 2.05) is 0 Å². The summed E-state index contributed by atoms with van der Waals surface area (Å²) in [5.41, 5.74) is -3.55. The summed E-state index contributed by atoms with van der Waals surface area (Å²) in [6, 6.07) is 0. The quantitative estimate of drug-likeness (QED) is 0.553. The van der Waals surface area contributed by atoms with Crippen LogP contribution in [0.5, 0.6) is 0 Å². The van der Waals surface area contributed by atoms with Gasteiger partial charge in [0.25, 0.3) is 0 Å². The number of alkyl halides is 3. The van der Waals surface area contributed by atoms with Gasteiger partial charge in [0.2, 0.25) is 0 Å². The van der Waals surface area contributed by atoms with Crippen LogP contribution in [-0.4, -0.2) is 39.8 Å². The fraction of sp³-hybridized carbons (Fsp3) is 0.625. The number of halogens is 3. The van der Waals surface area contributed by atoms with Crippen molar-refractivity contribution in [3.63, 3.8) is 0 Å². The third-order valence-electron chi connectivity index (χ3n) is 4.35. The Bertz CT molecular complexity index is 515. The summed E-state index contributed by atoms with van der Waals surface area (Å²) in [7, 11) is 0. The van der Waals surface area contributed by atoms with Gasteiger partial charge in [-0.1, -0.05) is 31.6 Å². The smallest absolute Gasteiger partial charge is 0.392 e. The minimum atomic E-state index is -4.70. The molecule has 2 atom stereocenters. The van der Waals surface area contributed by atoms with Crippen molar-refractivity contribution in [3.8, 4) is 0 Å². The maximum atomic E-state index is 13.2. The highest BCUT2D eigenvalue weighted by molar-refractivity contribution is 5.40. The molecule has 22 heavy (non-hydrogen) atoms. The molecule has 2 unspecified atom stereocenters. The van der Waals surface area contributed by atoms with Crippen molar-refractivity contribution in [2.75, 3.05) is 6.61 Å². The maximum Gasteiger partial charge on any atom is 0.415 e. The summed E-state index contributed by atoms with van der Waals surface area (Å²) in [6.45, 7) is 5.90. The Balaban J connectivity index is 3.46. The molecule has 0 aromatic rings. The molecular weight excluding hydrogens is 297 g/mol. The van der Waals surface area contributed by atoms with Gasteiger partial charge in [0.05, 0.1) is 18.3 Å². The first-order chi connectivity index (χ1) is 9.87. The van der Waals surface area contributed by atoms with E-state index in [4.69, 9.17) is 5.11 Å². The number of rotatable bonds is 3. The van der Waals surface area contributed by atoms with E-state index in [2.05, 4.69) is 0 Å². The molecule has 0 radical (unpaired) electrons. The fourth-order valence-electron chi connectivity index (χ4n) is 2.92. The van der Waals surface area contributed by atoms with Gasteiger partial charge in [0.1, 0.15) is 5.60 Å². The van der Waals surface area contributed by atoms with Gasteiger partial charge in [0, 0.05) is 5.41 Å². The van der Waals surface area contributed by atoms with Crippen molar-refractivity contribution < 1.29 is 28.5 Å². The molecule has 0 spiro atoms. The molecule has 0 bridgehead atoms. The normalized spacial score (nSPS) is 30.3. The van der Waals surface area contributed by atoms with E-state index in [1.165, 1.54) is 25.2 Å². The molecular formula is C16H23F3O3. The molecule has 1 aliphatic carbocycles. The van der Waals surface area contributed by atoms with Crippen LogP contribution in [0.3, 0.4) is 0 Å². The second kappa shape index (κ2) is 6.18. The van der Waals surface area contributed by atoms with Gasteiger partial charge in [0.15, 0.2) is 0 Å². The Hall–Kier alpha value is -1.11. The third-order valence-corrected chi connectivity index (χ3v) is 4.35. The van der Waals surface area contributed by atoms with Crippen molar-refractivity contribution >= 4 is 0 Å². The number of hydrogen-bond donors (Lipinski definition) is 3. The summed E-state index contributed by atoms with van der Waals surface area (Å²) >= 11 is 0. The van der Waals surface area contributed by atoms with Crippen LogP contribution in [0.4, 0.5) is 13.2 Å². The highest BCUT2D eigenvalue weighted by Crippen LogP contribution is 2.51. The number of allylic oxidation sites excluding steroid dienone is 2. The highest BCUT2D eigenvalue weighted by atomic mass is 19.4. The predicted molar refractivity (Wildman–Crippen MR) is 78.1 cm³/mol. The van der Waals surface area contributed by atoms with Crippen LogP contribution >= 0.6 is 0 Å². The van der Waals surface area contributed by atoms with E-state index in [0.29, 0.717) is 5.57 Å². The molecule has 1 rings (SSSR count). The molecule has 3 nitrogen and oxygen atoms in total. The highest BCUT2D eigenvalue weighted by Gasteiger charge is 2.54. The first kappa shape index (κ1) is 18.9. The second-order valence-corrected chi connectivity index (χ2v) is 6.37. The van der Waals surface area contributed by atoms with Gasteiger partial charge in [-0.05, 0) is 31.9 Å². The van der Waals surface area contributed by atoms with Crippen molar-refractivity contribution in [1.82, 2.24) is 0 Å². The van der Waals surface area contributed by atoms with E-state index in [0.717, 1.165) is 0 Å². The molecule has 1 aliphatic rings. The molecule has 0 aromatic heterocycles. The summed E-state index contributed by atoms with van der Waals surface area (Å²) < 4.78 is 39.5. The Morgan fingerprint density at radius 2 is 1.91 bits per heavy atom. The fourth-order valence-corrected chi connectivity index (χ4v) is 2.92. The van der Waals surface area contributed by atoms with E-state index in [-0.39, 0.29) is 18.6 Å². The van der Waals surface area contributed by atoms with Crippen LogP contribution in [0.2, 0.25) is 0 Å². The molecule has 0 saturated heterocycles. The Kier molecular flexibility index (Phi) is 5.32. The van der Waals surface area contributed by atoms with E-state index >= 15 is 0 Å². The summed E-state index contributed by atoms with van der Waals surface area (Å²) in [5, 5.41) is 29.5. The summed E-state index contributed by atoms with van der Waals surface area (Å²) in [5.74, 6) is 0. The van der Waals surface area contributed by atoms with E-state index in [9.17, 15) is 23.4 Å². The lowest BCUT2D eigenvalue weighted by atomic mass is 9.62. The topological polar surface area (TPSA) is 60.7 Å². The molecule has 126 valence electrons. The molecule has 0 amide bonds. The van der Waals surface area contributed by atoms with Crippen molar-refractivity contribution in [1.29, 1.82) is 0 Å². The number of aliphatic hydroxyl groups is 3. The lowest BCUT2D eigenvalue weighted by Crippen LogP contribution is -2.52. The van der Waals surface area contributed by atoms with Gasteiger partial charge in [-0.2, -0.15) is 13.2 Å². The van der Waals surface area contributed by atoms with Crippen molar-refractivity contribution in [3.05, 3.63) is 34.9 Å². The van der Waals surface area contributed by atoms with Crippen molar-refractivity contribution in [2.45, 2.75) is 52.0 Å². The SMILES string of the molecule is CC1=C(C(F)(F)F)C(O)CC(C)(C)C1(O)/C=C/C(C)=C\CO. The second-order valence-electron chi connectivity index (χ2n) is 6.37. The van der Waals surface area contributed by atoms with Crippen LogP contribution in [0.1, 0.15) is 34.1 Å². The number of hydrogen-bond acceptors (Lipinski definition) is 3. The van der Waals surface area contributed by atoms with Gasteiger partial charge in [-0.25, -0.2) is 0 Å². The zero-order valence-electron chi connectivity index (χ0n) is 13.2. The van der Waals surface area contributed by atoms with E-state index < -0.39 is 28.9 Å². The zero-order valence-corrected chi connectivity index (χ0v) is 13.2. The molecule has 0 saturated carbocycles. The monoisotopic (exact) mass is 320 g/mol. The average Bonchev–Trinajstić information content (AvgIpc) is 2.32. The van der Waals surface area contributed by atoms with Crippen LogP contribution < -0.4 is 0 Å².